The van der Waals surface area contributed by atoms with Gasteiger partial charge in [-0.25, -0.2) is 4.39 Å². The molecule has 0 aromatic heterocycles. The Morgan fingerprint density at radius 3 is 2.67 bits per heavy atom. The summed E-state index contributed by atoms with van der Waals surface area (Å²) in [5.74, 6) is 0.0150. The summed E-state index contributed by atoms with van der Waals surface area (Å²) in [6, 6.07) is 4.06. The van der Waals surface area contributed by atoms with Gasteiger partial charge in [-0.1, -0.05) is 0 Å². The Balaban J connectivity index is 3.11. The molecule has 1 aromatic carbocycles. The highest BCUT2D eigenvalue weighted by molar-refractivity contribution is 5.35. The third kappa shape index (κ3) is 1.74. The van der Waals surface area contributed by atoms with Crippen molar-refractivity contribution in [3.63, 3.8) is 0 Å². The summed E-state index contributed by atoms with van der Waals surface area (Å²) >= 11 is 0. The van der Waals surface area contributed by atoms with E-state index in [1.54, 1.807) is 6.92 Å². The highest BCUT2D eigenvalue weighted by atomic mass is 19.1. The lowest BCUT2D eigenvalue weighted by atomic mass is 10.1. The van der Waals surface area contributed by atoms with Crippen molar-refractivity contribution in [3.8, 4) is 5.75 Å². The van der Waals surface area contributed by atoms with Crippen molar-refractivity contribution in [2.45, 2.75) is 13.0 Å². The van der Waals surface area contributed by atoms with E-state index in [1.807, 2.05) is 0 Å². The number of methoxy groups -OCH3 is 1. The minimum atomic E-state index is -0.638. The van der Waals surface area contributed by atoms with E-state index >= 15 is 0 Å². The fraction of sp³-hybridized carbons (Fsp3) is 0.333. The molecule has 0 radical (unpaired) electrons. The molecule has 1 rings (SSSR count). The van der Waals surface area contributed by atoms with Crippen molar-refractivity contribution in [3.05, 3.63) is 29.6 Å². The van der Waals surface area contributed by atoms with Crippen LogP contribution in [0.25, 0.3) is 0 Å². The summed E-state index contributed by atoms with van der Waals surface area (Å²) in [5.41, 5.74) is 0.596. The molecule has 1 atom stereocenters. The second-order valence-corrected chi connectivity index (χ2v) is 2.56. The average Bonchev–Trinajstić information content (AvgIpc) is 2.03. The van der Waals surface area contributed by atoms with Gasteiger partial charge in [-0.2, -0.15) is 0 Å². The lowest BCUT2D eigenvalue weighted by molar-refractivity contribution is 0.194. The predicted octanol–water partition coefficient (Wildman–Crippen LogP) is 1.89. The number of hydrogen-bond donors (Lipinski definition) is 1. The first kappa shape index (κ1) is 9.00. The maximum Gasteiger partial charge on any atom is 0.127 e. The van der Waals surface area contributed by atoms with E-state index in [9.17, 15) is 9.50 Å². The highest BCUT2D eigenvalue weighted by Gasteiger charge is 2.08. The van der Waals surface area contributed by atoms with Crippen LogP contribution in [-0.2, 0) is 0 Å². The van der Waals surface area contributed by atoms with Gasteiger partial charge in [-0.15, -0.1) is 0 Å². The van der Waals surface area contributed by atoms with Crippen LogP contribution in [0, 0.1) is 5.82 Å². The van der Waals surface area contributed by atoms with Gasteiger partial charge in [0.15, 0.2) is 0 Å². The zero-order valence-corrected chi connectivity index (χ0v) is 7.04. The number of rotatable bonds is 2. The van der Waals surface area contributed by atoms with Crippen LogP contribution in [-0.4, -0.2) is 12.2 Å². The van der Waals surface area contributed by atoms with Gasteiger partial charge in [0, 0.05) is 11.6 Å². The van der Waals surface area contributed by atoms with Crippen LogP contribution >= 0.6 is 0 Å². The lowest BCUT2D eigenvalue weighted by Crippen LogP contribution is -1.96. The fourth-order valence-electron chi connectivity index (χ4n) is 1.03. The van der Waals surface area contributed by atoms with Crippen molar-refractivity contribution in [2.24, 2.45) is 0 Å². The highest BCUT2D eigenvalue weighted by Crippen LogP contribution is 2.25. The summed E-state index contributed by atoms with van der Waals surface area (Å²) in [6.45, 7) is 1.61. The Morgan fingerprint density at radius 2 is 2.17 bits per heavy atom. The van der Waals surface area contributed by atoms with Gasteiger partial charge in [0.1, 0.15) is 11.6 Å². The maximum atomic E-state index is 12.6. The first-order valence-corrected chi connectivity index (χ1v) is 3.66. The van der Waals surface area contributed by atoms with E-state index in [1.165, 1.54) is 25.3 Å². The first-order chi connectivity index (χ1) is 5.65. The minimum Gasteiger partial charge on any atom is -0.496 e. The molecule has 0 unspecified atom stereocenters. The lowest BCUT2D eigenvalue weighted by Gasteiger charge is -2.09. The third-order valence-electron chi connectivity index (χ3n) is 1.65. The minimum absolute atomic E-state index is 0.365. The van der Waals surface area contributed by atoms with E-state index in [-0.39, 0.29) is 5.82 Å². The smallest absolute Gasteiger partial charge is 0.127 e. The molecule has 0 amide bonds. The van der Waals surface area contributed by atoms with E-state index in [0.717, 1.165) is 0 Å². The predicted molar refractivity (Wildman–Crippen MR) is 43.6 cm³/mol. The number of benzene rings is 1. The Kier molecular flexibility index (Phi) is 2.65. The second kappa shape index (κ2) is 3.54. The Morgan fingerprint density at radius 1 is 1.50 bits per heavy atom. The third-order valence-corrected chi connectivity index (χ3v) is 1.65. The average molecular weight is 170 g/mol. The number of ether oxygens (including phenoxy) is 1. The number of halogens is 1. The van der Waals surface area contributed by atoms with Crippen LogP contribution < -0.4 is 4.74 Å². The van der Waals surface area contributed by atoms with Gasteiger partial charge in [0.05, 0.1) is 13.2 Å². The van der Waals surface area contributed by atoms with E-state index in [4.69, 9.17) is 4.74 Å². The molecule has 66 valence electrons. The van der Waals surface area contributed by atoms with Gasteiger partial charge in [-0.05, 0) is 19.1 Å². The summed E-state index contributed by atoms with van der Waals surface area (Å²) in [6.07, 6.45) is -0.638. The first-order valence-electron chi connectivity index (χ1n) is 3.66. The van der Waals surface area contributed by atoms with Crippen molar-refractivity contribution in [2.75, 3.05) is 7.11 Å². The standard InChI is InChI=1S/C9H11FO2/c1-6(11)8-4-3-7(10)5-9(8)12-2/h3-6,11H,1-2H3/t6-/m1/s1. The number of aliphatic hydroxyl groups is 1. The Bertz CT molecular complexity index is 271. The van der Waals surface area contributed by atoms with E-state index in [0.29, 0.717) is 11.3 Å². The van der Waals surface area contributed by atoms with Gasteiger partial charge in [0.2, 0.25) is 0 Å². The maximum absolute atomic E-state index is 12.6. The molecular formula is C9H11FO2. The molecule has 0 aliphatic carbocycles. The van der Waals surface area contributed by atoms with Crippen LogP contribution in [0.3, 0.4) is 0 Å². The second-order valence-electron chi connectivity index (χ2n) is 2.56. The molecule has 0 aliphatic rings. The quantitative estimate of drug-likeness (QED) is 0.734. The molecule has 0 bridgehead atoms. The van der Waals surface area contributed by atoms with Crippen molar-refractivity contribution in [1.82, 2.24) is 0 Å². The Hall–Kier alpha value is -1.09. The molecule has 1 aromatic rings. The van der Waals surface area contributed by atoms with Crippen molar-refractivity contribution in [1.29, 1.82) is 0 Å². The molecule has 0 spiro atoms. The monoisotopic (exact) mass is 170 g/mol. The molecule has 0 saturated heterocycles. The molecule has 0 heterocycles. The van der Waals surface area contributed by atoms with Crippen molar-refractivity contribution < 1.29 is 14.2 Å². The molecule has 0 saturated carbocycles. The summed E-state index contributed by atoms with van der Waals surface area (Å²) < 4.78 is 17.5. The Labute approximate surface area is 70.6 Å². The van der Waals surface area contributed by atoms with Gasteiger partial charge < -0.3 is 9.84 Å². The van der Waals surface area contributed by atoms with Crippen molar-refractivity contribution >= 4 is 0 Å². The molecule has 0 aliphatic heterocycles. The summed E-state index contributed by atoms with van der Waals surface area (Å²) in [7, 11) is 1.45. The van der Waals surface area contributed by atoms with E-state index in [2.05, 4.69) is 0 Å². The van der Waals surface area contributed by atoms with Crippen LogP contribution in [0.5, 0.6) is 5.75 Å². The summed E-state index contributed by atoms with van der Waals surface area (Å²) in [5, 5.41) is 9.22. The molecular weight excluding hydrogens is 159 g/mol. The summed E-state index contributed by atoms with van der Waals surface area (Å²) in [4.78, 5) is 0. The zero-order valence-electron chi connectivity index (χ0n) is 7.04. The SMILES string of the molecule is COc1cc(F)ccc1[C@@H](C)O. The normalized spacial score (nSPS) is 12.7. The molecule has 1 N–H and O–H groups in total. The van der Waals surface area contributed by atoms with Crippen LogP contribution in [0.2, 0.25) is 0 Å². The van der Waals surface area contributed by atoms with Gasteiger partial charge >= 0.3 is 0 Å². The molecule has 0 fully saturated rings. The zero-order chi connectivity index (χ0) is 9.14. The van der Waals surface area contributed by atoms with Crippen LogP contribution in [0.15, 0.2) is 18.2 Å². The fourth-order valence-corrected chi connectivity index (χ4v) is 1.03. The van der Waals surface area contributed by atoms with Crippen LogP contribution in [0.4, 0.5) is 4.39 Å². The molecule has 2 nitrogen and oxygen atoms in total. The van der Waals surface area contributed by atoms with Gasteiger partial charge in [0.25, 0.3) is 0 Å². The molecule has 3 heteroatoms. The van der Waals surface area contributed by atoms with Gasteiger partial charge in [-0.3, -0.25) is 0 Å². The largest absolute Gasteiger partial charge is 0.496 e. The topological polar surface area (TPSA) is 29.5 Å². The molecule has 12 heavy (non-hydrogen) atoms. The number of aliphatic hydroxyl groups excluding tert-OH is 1. The number of hydrogen-bond acceptors (Lipinski definition) is 2. The van der Waals surface area contributed by atoms with E-state index < -0.39 is 6.10 Å². The van der Waals surface area contributed by atoms with Crippen LogP contribution in [0.1, 0.15) is 18.6 Å².